The minimum atomic E-state index is -4.30. The van der Waals surface area contributed by atoms with Gasteiger partial charge >= 0.3 is 6.18 Å². The van der Waals surface area contributed by atoms with E-state index in [2.05, 4.69) is 11.9 Å². The summed E-state index contributed by atoms with van der Waals surface area (Å²) in [6.07, 6.45) is 0.869. The van der Waals surface area contributed by atoms with Gasteiger partial charge in [-0.3, -0.25) is 0 Å². The molecule has 0 radical (unpaired) electrons. The van der Waals surface area contributed by atoms with E-state index in [-0.39, 0.29) is 5.52 Å². The van der Waals surface area contributed by atoms with Gasteiger partial charge in [0.2, 0.25) is 0 Å². The maximum atomic E-state index is 13.0. The number of aromatic nitrogens is 1. The van der Waals surface area contributed by atoms with Crippen LogP contribution in [0.3, 0.4) is 0 Å². The van der Waals surface area contributed by atoms with Gasteiger partial charge in [0.25, 0.3) is 0 Å². The third-order valence-corrected chi connectivity index (χ3v) is 4.31. The maximum Gasteiger partial charge on any atom is 0.418 e. The summed E-state index contributed by atoms with van der Waals surface area (Å²) in [6, 6.07) is 4.43. The van der Waals surface area contributed by atoms with Crippen LogP contribution in [-0.2, 0) is 6.18 Å². The van der Waals surface area contributed by atoms with Gasteiger partial charge in [0.1, 0.15) is 0 Å². The Morgan fingerprint density at radius 3 is 2.63 bits per heavy atom. The number of aromatic amines is 1. The van der Waals surface area contributed by atoms with Crippen LogP contribution < -0.4 is 0 Å². The van der Waals surface area contributed by atoms with E-state index in [9.17, 15) is 13.2 Å². The molecule has 1 aromatic heterocycles. The van der Waals surface area contributed by atoms with Crippen LogP contribution in [0.1, 0.15) is 43.2 Å². The van der Waals surface area contributed by atoms with Crippen LogP contribution in [0, 0.1) is 5.92 Å². The van der Waals surface area contributed by atoms with Crippen LogP contribution in [-0.4, -0.2) is 4.98 Å². The van der Waals surface area contributed by atoms with Gasteiger partial charge in [-0.15, -0.1) is 0 Å². The molecule has 0 amide bonds. The molecule has 19 heavy (non-hydrogen) atoms. The first-order valence-corrected chi connectivity index (χ1v) is 6.65. The maximum absolute atomic E-state index is 13.0. The molecule has 0 bridgehead atoms. The van der Waals surface area contributed by atoms with E-state index in [1.54, 1.807) is 12.3 Å². The fourth-order valence-electron chi connectivity index (χ4n) is 3.33. The summed E-state index contributed by atoms with van der Waals surface area (Å²) in [5, 5.41) is 0.730. The highest BCUT2D eigenvalue weighted by molar-refractivity contribution is 5.87. The third kappa shape index (κ3) is 2.03. The van der Waals surface area contributed by atoms with Crippen molar-refractivity contribution in [2.24, 2.45) is 5.92 Å². The molecule has 2 aromatic rings. The van der Waals surface area contributed by atoms with E-state index in [1.165, 1.54) is 6.07 Å². The number of rotatable bonds is 1. The fourth-order valence-corrected chi connectivity index (χ4v) is 3.33. The summed E-state index contributed by atoms with van der Waals surface area (Å²) in [7, 11) is 0. The van der Waals surface area contributed by atoms with E-state index in [0.29, 0.717) is 11.8 Å². The number of benzene rings is 1. The molecule has 102 valence electrons. The Labute approximate surface area is 109 Å². The number of halogens is 3. The summed E-state index contributed by atoms with van der Waals surface area (Å²) >= 11 is 0. The summed E-state index contributed by atoms with van der Waals surface area (Å²) in [6.45, 7) is 2.18. The molecule has 1 heterocycles. The van der Waals surface area contributed by atoms with Crippen molar-refractivity contribution in [3.8, 4) is 0 Å². The van der Waals surface area contributed by atoms with Crippen molar-refractivity contribution >= 4 is 10.9 Å². The molecule has 1 N–H and O–H groups in total. The molecule has 2 atom stereocenters. The van der Waals surface area contributed by atoms with E-state index in [0.717, 1.165) is 36.3 Å². The summed E-state index contributed by atoms with van der Waals surface area (Å²) in [5.74, 6) is 0.936. The van der Waals surface area contributed by atoms with Crippen molar-refractivity contribution in [1.82, 2.24) is 4.98 Å². The average Bonchev–Trinajstić information content (AvgIpc) is 2.92. The van der Waals surface area contributed by atoms with Crippen LogP contribution in [0.2, 0.25) is 0 Å². The average molecular weight is 267 g/mol. The van der Waals surface area contributed by atoms with E-state index >= 15 is 0 Å². The molecule has 1 fully saturated rings. The summed E-state index contributed by atoms with van der Waals surface area (Å²) < 4.78 is 38.9. The van der Waals surface area contributed by atoms with Gasteiger partial charge in [0, 0.05) is 11.6 Å². The molecule has 1 aromatic carbocycles. The largest absolute Gasteiger partial charge is 0.418 e. The van der Waals surface area contributed by atoms with Gasteiger partial charge in [-0.25, -0.2) is 0 Å². The van der Waals surface area contributed by atoms with Gasteiger partial charge < -0.3 is 4.98 Å². The first-order valence-electron chi connectivity index (χ1n) is 6.65. The topological polar surface area (TPSA) is 15.8 Å². The monoisotopic (exact) mass is 267 g/mol. The number of hydrogen-bond donors (Lipinski definition) is 1. The van der Waals surface area contributed by atoms with E-state index in [1.807, 2.05) is 0 Å². The van der Waals surface area contributed by atoms with Crippen LogP contribution >= 0.6 is 0 Å². The number of para-hydroxylation sites is 1. The zero-order chi connectivity index (χ0) is 13.6. The number of nitrogens with one attached hydrogen (secondary N) is 1. The first kappa shape index (κ1) is 12.6. The van der Waals surface area contributed by atoms with Crippen molar-refractivity contribution in [1.29, 1.82) is 0 Å². The Morgan fingerprint density at radius 1 is 1.21 bits per heavy atom. The van der Waals surface area contributed by atoms with Gasteiger partial charge in [-0.2, -0.15) is 13.2 Å². The molecule has 1 saturated carbocycles. The van der Waals surface area contributed by atoms with Crippen molar-refractivity contribution in [2.75, 3.05) is 0 Å². The second-order valence-corrected chi connectivity index (χ2v) is 5.48. The van der Waals surface area contributed by atoms with E-state index in [4.69, 9.17) is 0 Å². The Hall–Kier alpha value is -1.45. The number of H-pyrrole nitrogens is 1. The summed E-state index contributed by atoms with van der Waals surface area (Å²) in [5.41, 5.74) is 0.706. The highest BCUT2D eigenvalue weighted by atomic mass is 19.4. The standard InChI is InChI=1S/C15H16F3N/c1-9-4-2-5-10(9)12-8-19-14-11(12)6-3-7-13(14)15(16,17)18/h3,6-10,19H,2,4-5H2,1H3. The second-order valence-electron chi connectivity index (χ2n) is 5.48. The lowest BCUT2D eigenvalue weighted by Gasteiger charge is -2.15. The molecular formula is C15H16F3N. The quantitative estimate of drug-likeness (QED) is 0.740. The molecule has 1 nitrogen and oxygen atoms in total. The highest BCUT2D eigenvalue weighted by Crippen LogP contribution is 2.43. The van der Waals surface area contributed by atoms with Gasteiger partial charge in [0.15, 0.2) is 0 Å². The smallest absolute Gasteiger partial charge is 0.360 e. The Balaban J connectivity index is 2.14. The van der Waals surface area contributed by atoms with Crippen molar-refractivity contribution in [3.05, 3.63) is 35.5 Å². The van der Waals surface area contributed by atoms with Gasteiger partial charge in [0.05, 0.1) is 11.1 Å². The zero-order valence-corrected chi connectivity index (χ0v) is 10.7. The Morgan fingerprint density at radius 2 is 2.00 bits per heavy atom. The molecule has 0 aliphatic heterocycles. The molecule has 0 spiro atoms. The van der Waals surface area contributed by atoms with Gasteiger partial charge in [-0.05, 0) is 29.9 Å². The predicted octanol–water partition coefficient (Wildman–Crippen LogP) is 5.09. The lowest BCUT2D eigenvalue weighted by molar-refractivity contribution is -0.136. The number of hydrogen-bond acceptors (Lipinski definition) is 0. The molecule has 1 aliphatic carbocycles. The summed E-state index contributed by atoms with van der Waals surface area (Å²) in [4.78, 5) is 2.84. The van der Waals surface area contributed by atoms with Crippen LogP contribution in [0.15, 0.2) is 24.4 Å². The van der Waals surface area contributed by atoms with Crippen molar-refractivity contribution in [2.45, 2.75) is 38.3 Å². The van der Waals surface area contributed by atoms with Crippen molar-refractivity contribution < 1.29 is 13.2 Å². The van der Waals surface area contributed by atoms with Crippen LogP contribution in [0.5, 0.6) is 0 Å². The first-order chi connectivity index (χ1) is 8.98. The lowest BCUT2D eigenvalue weighted by atomic mass is 9.89. The third-order valence-electron chi connectivity index (χ3n) is 4.31. The Bertz CT molecular complexity index is 597. The molecular weight excluding hydrogens is 251 g/mol. The highest BCUT2D eigenvalue weighted by Gasteiger charge is 2.34. The molecule has 3 rings (SSSR count). The minimum Gasteiger partial charge on any atom is -0.360 e. The number of fused-ring (bicyclic) bond motifs is 1. The van der Waals surface area contributed by atoms with E-state index < -0.39 is 11.7 Å². The molecule has 2 unspecified atom stereocenters. The molecule has 4 heteroatoms. The lowest BCUT2D eigenvalue weighted by Crippen LogP contribution is -2.05. The second kappa shape index (κ2) is 4.29. The fraction of sp³-hybridized carbons (Fsp3) is 0.467. The van der Waals surface area contributed by atoms with Crippen LogP contribution in [0.4, 0.5) is 13.2 Å². The molecule has 1 aliphatic rings. The number of alkyl halides is 3. The van der Waals surface area contributed by atoms with Crippen molar-refractivity contribution in [3.63, 3.8) is 0 Å². The predicted molar refractivity (Wildman–Crippen MR) is 69.1 cm³/mol. The normalized spacial score (nSPS) is 24.2. The minimum absolute atomic E-state index is 0.226. The molecule has 0 saturated heterocycles. The van der Waals surface area contributed by atoms with Crippen LogP contribution in [0.25, 0.3) is 10.9 Å². The van der Waals surface area contributed by atoms with Gasteiger partial charge in [-0.1, -0.05) is 31.9 Å². The zero-order valence-electron chi connectivity index (χ0n) is 10.7. The Kier molecular flexibility index (Phi) is 2.84. The SMILES string of the molecule is CC1CCCC1c1c[nH]c2c(C(F)(F)F)cccc12.